The average molecular weight is 188 g/mol. The number of benzene rings is 1. The SMILES string of the molecule is C/C=C(/CC)C(=O)c1ccc(C)cc1. The van der Waals surface area contributed by atoms with Crippen LogP contribution in [-0.2, 0) is 0 Å². The molecule has 1 aromatic carbocycles. The molecule has 0 radical (unpaired) electrons. The van der Waals surface area contributed by atoms with Gasteiger partial charge in [0.1, 0.15) is 0 Å². The fraction of sp³-hybridized carbons (Fsp3) is 0.308. The molecule has 0 heterocycles. The van der Waals surface area contributed by atoms with E-state index in [1.165, 1.54) is 5.56 Å². The van der Waals surface area contributed by atoms with Crippen molar-refractivity contribution in [2.75, 3.05) is 0 Å². The van der Waals surface area contributed by atoms with Crippen LogP contribution >= 0.6 is 0 Å². The van der Waals surface area contributed by atoms with Crippen LogP contribution in [0.25, 0.3) is 0 Å². The lowest BCUT2D eigenvalue weighted by molar-refractivity contribution is 0.103. The molecule has 1 nitrogen and oxygen atoms in total. The molecule has 0 fully saturated rings. The third-order valence-corrected chi connectivity index (χ3v) is 2.33. The topological polar surface area (TPSA) is 17.1 Å². The highest BCUT2D eigenvalue weighted by Crippen LogP contribution is 2.12. The highest BCUT2D eigenvalue weighted by Gasteiger charge is 2.08. The van der Waals surface area contributed by atoms with E-state index in [2.05, 4.69) is 0 Å². The molecular formula is C13H16O. The van der Waals surface area contributed by atoms with Gasteiger partial charge in [0.2, 0.25) is 0 Å². The van der Waals surface area contributed by atoms with Crippen molar-refractivity contribution in [3.63, 3.8) is 0 Å². The van der Waals surface area contributed by atoms with Crippen LogP contribution in [0.5, 0.6) is 0 Å². The highest BCUT2D eigenvalue weighted by molar-refractivity contribution is 6.08. The number of aryl methyl sites for hydroxylation is 1. The molecule has 0 spiro atoms. The monoisotopic (exact) mass is 188 g/mol. The second-order valence-electron chi connectivity index (χ2n) is 3.36. The number of hydrogen-bond acceptors (Lipinski definition) is 1. The van der Waals surface area contributed by atoms with Crippen molar-refractivity contribution >= 4 is 5.78 Å². The number of rotatable bonds is 3. The number of carbonyl (C=O) groups is 1. The zero-order chi connectivity index (χ0) is 10.6. The van der Waals surface area contributed by atoms with Crippen molar-refractivity contribution in [3.05, 3.63) is 47.0 Å². The quantitative estimate of drug-likeness (QED) is 0.524. The summed E-state index contributed by atoms with van der Waals surface area (Å²) in [6, 6.07) is 7.71. The summed E-state index contributed by atoms with van der Waals surface area (Å²) in [6.45, 7) is 5.93. The van der Waals surface area contributed by atoms with E-state index in [-0.39, 0.29) is 5.78 Å². The van der Waals surface area contributed by atoms with Crippen molar-refractivity contribution in [3.8, 4) is 0 Å². The van der Waals surface area contributed by atoms with Gasteiger partial charge in [0.05, 0.1) is 0 Å². The summed E-state index contributed by atoms with van der Waals surface area (Å²) < 4.78 is 0. The maximum absolute atomic E-state index is 11.8. The summed E-state index contributed by atoms with van der Waals surface area (Å²) in [5, 5.41) is 0. The molecule has 0 aliphatic heterocycles. The van der Waals surface area contributed by atoms with E-state index in [0.29, 0.717) is 0 Å². The average Bonchev–Trinajstić information content (AvgIpc) is 2.20. The first-order valence-corrected chi connectivity index (χ1v) is 4.95. The predicted molar refractivity (Wildman–Crippen MR) is 59.6 cm³/mol. The van der Waals surface area contributed by atoms with Gasteiger partial charge in [0.15, 0.2) is 5.78 Å². The van der Waals surface area contributed by atoms with Crippen LogP contribution in [0, 0.1) is 6.92 Å². The van der Waals surface area contributed by atoms with E-state index in [4.69, 9.17) is 0 Å². The first-order chi connectivity index (χ1) is 6.69. The minimum atomic E-state index is 0.148. The molecule has 0 atom stereocenters. The van der Waals surface area contributed by atoms with Gasteiger partial charge in [-0.05, 0) is 25.8 Å². The minimum absolute atomic E-state index is 0.148. The number of carbonyl (C=O) groups excluding carboxylic acids is 1. The van der Waals surface area contributed by atoms with E-state index in [1.807, 2.05) is 51.1 Å². The molecule has 0 aromatic heterocycles. The molecule has 1 rings (SSSR count). The maximum Gasteiger partial charge on any atom is 0.188 e. The Balaban J connectivity index is 2.95. The normalized spacial score (nSPS) is 11.5. The molecule has 1 aromatic rings. The Hall–Kier alpha value is -1.37. The van der Waals surface area contributed by atoms with Gasteiger partial charge in [0.25, 0.3) is 0 Å². The van der Waals surface area contributed by atoms with Gasteiger partial charge >= 0.3 is 0 Å². The number of hydrogen-bond donors (Lipinski definition) is 0. The van der Waals surface area contributed by atoms with Crippen LogP contribution in [0.3, 0.4) is 0 Å². The molecule has 0 saturated heterocycles. The van der Waals surface area contributed by atoms with Gasteiger partial charge < -0.3 is 0 Å². The molecule has 1 heteroatoms. The molecular weight excluding hydrogens is 172 g/mol. The zero-order valence-corrected chi connectivity index (χ0v) is 9.00. The largest absolute Gasteiger partial charge is 0.289 e. The zero-order valence-electron chi connectivity index (χ0n) is 9.00. The van der Waals surface area contributed by atoms with Gasteiger partial charge in [-0.2, -0.15) is 0 Å². The minimum Gasteiger partial charge on any atom is -0.289 e. The summed E-state index contributed by atoms with van der Waals surface area (Å²) in [7, 11) is 0. The van der Waals surface area contributed by atoms with Gasteiger partial charge in [-0.1, -0.05) is 42.8 Å². The van der Waals surface area contributed by atoms with Crippen molar-refractivity contribution in [1.82, 2.24) is 0 Å². The fourth-order valence-electron chi connectivity index (χ4n) is 1.39. The van der Waals surface area contributed by atoms with Gasteiger partial charge in [-0.25, -0.2) is 0 Å². The Morgan fingerprint density at radius 2 is 1.86 bits per heavy atom. The Morgan fingerprint density at radius 3 is 2.29 bits per heavy atom. The summed E-state index contributed by atoms with van der Waals surface area (Å²) >= 11 is 0. The molecule has 0 saturated carbocycles. The second kappa shape index (κ2) is 4.75. The number of allylic oxidation sites excluding steroid dienone is 2. The van der Waals surface area contributed by atoms with Crippen molar-refractivity contribution < 1.29 is 4.79 Å². The van der Waals surface area contributed by atoms with Crippen LogP contribution in [-0.4, -0.2) is 5.78 Å². The lowest BCUT2D eigenvalue weighted by atomic mass is 10.0. The maximum atomic E-state index is 11.8. The van der Waals surface area contributed by atoms with Crippen LogP contribution in [0.4, 0.5) is 0 Å². The Bertz CT molecular complexity index is 344. The summed E-state index contributed by atoms with van der Waals surface area (Å²) in [6.07, 6.45) is 2.69. The molecule has 0 amide bonds. The number of Topliss-reactive ketones (excluding diaryl/α,β-unsaturated/α-hetero) is 1. The van der Waals surface area contributed by atoms with Gasteiger partial charge in [-0.15, -0.1) is 0 Å². The molecule has 0 aliphatic rings. The van der Waals surface area contributed by atoms with Crippen LogP contribution in [0.2, 0.25) is 0 Å². The van der Waals surface area contributed by atoms with E-state index in [1.54, 1.807) is 0 Å². The second-order valence-corrected chi connectivity index (χ2v) is 3.36. The molecule has 0 bridgehead atoms. The third-order valence-electron chi connectivity index (χ3n) is 2.33. The van der Waals surface area contributed by atoms with Crippen molar-refractivity contribution in [1.29, 1.82) is 0 Å². The highest BCUT2D eigenvalue weighted by atomic mass is 16.1. The lowest BCUT2D eigenvalue weighted by Crippen LogP contribution is -2.02. The summed E-state index contributed by atoms with van der Waals surface area (Å²) in [5.74, 6) is 0.148. The smallest absolute Gasteiger partial charge is 0.188 e. The Kier molecular flexibility index (Phi) is 3.63. The van der Waals surface area contributed by atoms with Gasteiger partial charge in [0, 0.05) is 5.56 Å². The van der Waals surface area contributed by atoms with Crippen molar-refractivity contribution in [2.24, 2.45) is 0 Å². The summed E-state index contributed by atoms with van der Waals surface area (Å²) in [4.78, 5) is 11.8. The molecule has 0 aliphatic carbocycles. The third kappa shape index (κ3) is 2.32. The summed E-state index contributed by atoms with van der Waals surface area (Å²) in [5.41, 5.74) is 2.85. The first-order valence-electron chi connectivity index (χ1n) is 4.95. The first kappa shape index (κ1) is 10.7. The fourth-order valence-corrected chi connectivity index (χ4v) is 1.39. The van der Waals surface area contributed by atoms with Crippen LogP contribution in [0.15, 0.2) is 35.9 Å². The van der Waals surface area contributed by atoms with Gasteiger partial charge in [-0.3, -0.25) is 4.79 Å². The molecule has 0 N–H and O–H groups in total. The Morgan fingerprint density at radius 1 is 1.29 bits per heavy atom. The van der Waals surface area contributed by atoms with E-state index < -0.39 is 0 Å². The van der Waals surface area contributed by atoms with Crippen molar-refractivity contribution in [2.45, 2.75) is 27.2 Å². The predicted octanol–water partition coefficient (Wildman–Crippen LogP) is 3.53. The Labute approximate surface area is 85.5 Å². The number of ketones is 1. The van der Waals surface area contributed by atoms with E-state index >= 15 is 0 Å². The van der Waals surface area contributed by atoms with Crippen LogP contribution < -0.4 is 0 Å². The standard InChI is InChI=1S/C13H16O/c1-4-11(5-2)13(14)12-8-6-10(3)7-9-12/h4,6-9H,5H2,1-3H3/b11-4-. The lowest BCUT2D eigenvalue weighted by Gasteiger charge is -2.03. The molecule has 74 valence electrons. The van der Waals surface area contributed by atoms with E-state index in [0.717, 1.165) is 17.6 Å². The van der Waals surface area contributed by atoms with Crippen LogP contribution in [0.1, 0.15) is 36.2 Å². The molecule has 0 unspecified atom stereocenters. The van der Waals surface area contributed by atoms with E-state index in [9.17, 15) is 4.79 Å². The molecule has 14 heavy (non-hydrogen) atoms.